The van der Waals surface area contributed by atoms with Gasteiger partial charge in [-0.05, 0) is 18.4 Å². The maximum absolute atomic E-state index is 11.7. The summed E-state index contributed by atoms with van der Waals surface area (Å²) in [6.07, 6.45) is 2.87. The number of benzene rings is 1. The molecule has 0 saturated carbocycles. The van der Waals surface area contributed by atoms with Gasteiger partial charge in [-0.1, -0.05) is 25.1 Å². The first kappa shape index (κ1) is 10.1. The lowest BCUT2D eigenvalue weighted by atomic mass is 9.86. The SMILES string of the molecule is CCC(=O)c1cccc2c1CCCC2=O. The number of carbonyl (C=O) groups excluding carboxylic acids is 2. The third kappa shape index (κ3) is 1.72. The second-order valence-electron chi connectivity index (χ2n) is 3.89. The van der Waals surface area contributed by atoms with Crippen LogP contribution in [0.2, 0.25) is 0 Å². The molecule has 0 unspecified atom stereocenters. The summed E-state index contributed by atoms with van der Waals surface area (Å²) >= 11 is 0. The summed E-state index contributed by atoms with van der Waals surface area (Å²) in [6.45, 7) is 1.85. The molecule has 0 aliphatic heterocycles. The van der Waals surface area contributed by atoms with E-state index in [9.17, 15) is 9.59 Å². The van der Waals surface area contributed by atoms with Crippen LogP contribution in [0.15, 0.2) is 18.2 Å². The molecular weight excluding hydrogens is 188 g/mol. The van der Waals surface area contributed by atoms with Gasteiger partial charge in [-0.2, -0.15) is 0 Å². The van der Waals surface area contributed by atoms with Crippen LogP contribution in [0.5, 0.6) is 0 Å². The first-order chi connectivity index (χ1) is 7.24. The Morgan fingerprint density at radius 1 is 1.33 bits per heavy atom. The summed E-state index contributed by atoms with van der Waals surface area (Å²) in [5.74, 6) is 0.323. The van der Waals surface area contributed by atoms with Gasteiger partial charge in [0.1, 0.15) is 0 Å². The Hall–Kier alpha value is -1.44. The van der Waals surface area contributed by atoms with Crippen molar-refractivity contribution in [1.29, 1.82) is 0 Å². The lowest BCUT2D eigenvalue weighted by Gasteiger charge is -2.17. The van der Waals surface area contributed by atoms with Crippen LogP contribution in [0, 0.1) is 0 Å². The molecule has 0 aromatic heterocycles. The minimum absolute atomic E-state index is 0.140. The maximum Gasteiger partial charge on any atom is 0.163 e. The lowest BCUT2D eigenvalue weighted by Crippen LogP contribution is -2.15. The fourth-order valence-electron chi connectivity index (χ4n) is 2.13. The van der Waals surface area contributed by atoms with Crippen molar-refractivity contribution < 1.29 is 9.59 Å². The van der Waals surface area contributed by atoms with E-state index in [2.05, 4.69) is 0 Å². The van der Waals surface area contributed by atoms with Crippen LogP contribution in [0.3, 0.4) is 0 Å². The quantitative estimate of drug-likeness (QED) is 0.691. The first-order valence-electron chi connectivity index (χ1n) is 5.42. The predicted octanol–water partition coefficient (Wildman–Crippen LogP) is 2.80. The molecular formula is C13H14O2. The summed E-state index contributed by atoms with van der Waals surface area (Å²) in [7, 11) is 0. The van der Waals surface area contributed by atoms with Gasteiger partial charge in [0.2, 0.25) is 0 Å². The Labute approximate surface area is 89.3 Å². The minimum atomic E-state index is 0.140. The van der Waals surface area contributed by atoms with Crippen molar-refractivity contribution in [3.63, 3.8) is 0 Å². The number of rotatable bonds is 2. The number of Topliss-reactive ketones (excluding diaryl/α,β-unsaturated/α-hetero) is 2. The van der Waals surface area contributed by atoms with Gasteiger partial charge >= 0.3 is 0 Å². The molecule has 2 heteroatoms. The van der Waals surface area contributed by atoms with Crippen molar-refractivity contribution in [2.24, 2.45) is 0 Å². The molecule has 0 atom stereocenters. The molecule has 78 valence electrons. The second kappa shape index (κ2) is 3.97. The fraction of sp³-hybridized carbons (Fsp3) is 0.385. The van der Waals surface area contributed by atoms with E-state index in [0.29, 0.717) is 12.8 Å². The third-order valence-corrected chi connectivity index (χ3v) is 2.93. The standard InChI is InChI=1S/C13H14O2/c1-2-12(14)10-6-3-7-11-9(10)5-4-8-13(11)15/h3,6-7H,2,4-5,8H2,1H3. The summed E-state index contributed by atoms with van der Waals surface area (Å²) < 4.78 is 0. The first-order valence-corrected chi connectivity index (χ1v) is 5.42. The highest BCUT2D eigenvalue weighted by Crippen LogP contribution is 2.25. The molecule has 15 heavy (non-hydrogen) atoms. The molecule has 1 aromatic rings. The Kier molecular flexibility index (Phi) is 2.67. The number of ketones is 2. The zero-order valence-corrected chi connectivity index (χ0v) is 8.88. The normalized spacial score (nSPS) is 14.9. The molecule has 1 aliphatic carbocycles. The average molecular weight is 202 g/mol. The van der Waals surface area contributed by atoms with Crippen molar-refractivity contribution in [1.82, 2.24) is 0 Å². The fourth-order valence-corrected chi connectivity index (χ4v) is 2.13. The van der Waals surface area contributed by atoms with Crippen molar-refractivity contribution in [2.75, 3.05) is 0 Å². The largest absolute Gasteiger partial charge is 0.294 e. The highest BCUT2D eigenvalue weighted by Gasteiger charge is 2.21. The highest BCUT2D eigenvalue weighted by molar-refractivity contribution is 6.04. The molecule has 0 bridgehead atoms. The van der Waals surface area contributed by atoms with Gasteiger partial charge in [0, 0.05) is 24.0 Å². The van der Waals surface area contributed by atoms with Crippen molar-refractivity contribution in [3.05, 3.63) is 34.9 Å². The van der Waals surface area contributed by atoms with Crippen molar-refractivity contribution in [3.8, 4) is 0 Å². The molecule has 0 N–H and O–H groups in total. The van der Waals surface area contributed by atoms with E-state index < -0.39 is 0 Å². The summed E-state index contributed by atoms with van der Waals surface area (Å²) in [5.41, 5.74) is 2.49. The van der Waals surface area contributed by atoms with Gasteiger partial charge in [-0.25, -0.2) is 0 Å². The molecule has 0 radical (unpaired) electrons. The van der Waals surface area contributed by atoms with Gasteiger partial charge in [0.15, 0.2) is 11.6 Å². The second-order valence-corrected chi connectivity index (χ2v) is 3.89. The predicted molar refractivity (Wildman–Crippen MR) is 58.3 cm³/mol. The Bertz CT molecular complexity index is 419. The van der Waals surface area contributed by atoms with Crippen LogP contribution in [-0.4, -0.2) is 11.6 Å². The van der Waals surface area contributed by atoms with E-state index in [4.69, 9.17) is 0 Å². The average Bonchev–Trinajstić information content (AvgIpc) is 2.28. The van der Waals surface area contributed by atoms with Gasteiger partial charge in [-0.15, -0.1) is 0 Å². The molecule has 1 aliphatic rings. The van der Waals surface area contributed by atoms with Gasteiger partial charge in [0.25, 0.3) is 0 Å². The minimum Gasteiger partial charge on any atom is -0.294 e. The maximum atomic E-state index is 11.7. The van der Waals surface area contributed by atoms with E-state index in [1.165, 1.54) is 0 Å². The molecule has 2 rings (SSSR count). The van der Waals surface area contributed by atoms with E-state index >= 15 is 0 Å². The zero-order chi connectivity index (χ0) is 10.8. The molecule has 0 heterocycles. The highest BCUT2D eigenvalue weighted by atomic mass is 16.1. The number of hydrogen-bond donors (Lipinski definition) is 0. The third-order valence-electron chi connectivity index (χ3n) is 2.93. The van der Waals surface area contributed by atoms with E-state index in [0.717, 1.165) is 29.5 Å². The number of fused-ring (bicyclic) bond motifs is 1. The van der Waals surface area contributed by atoms with E-state index in [-0.39, 0.29) is 11.6 Å². The van der Waals surface area contributed by atoms with Crippen molar-refractivity contribution >= 4 is 11.6 Å². The van der Waals surface area contributed by atoms with Gasteiger partial charge in [0.05, 0.1) is 0 Å². The van der Waals surface area contributed by atoms with Crippen LogP contribution in [-0.2, 0) is 6.42 Å². The van der Waals surface area contributed by atoms with Crippen LogP contribution in [0.4, 0.5) is 0 Å². The number of hydrogen-bond acceptors (Lipinski definition) is 2. The van der Waals surface area contributed by atoms with E-state index in [1.807, 2.05) is 25.1 Å². The number of carbonyl (C=O) groups is 2. The Balaban J connectivity index is 2.54. The molecule has 1 aromatic carbocycles. The van der Waals surface area contributed by atoms with Crippen LogP contribution in [0.25, 0.3) is 0 Å². The summed E-state index contributed by atoms with van der Waals surface area (Å²) in [5, 5.41) is 0. The molecule has 0 spiro atoms. The van der Waals surface area contributed by atoms with Gasteiger partial charge in [-0.3, -0.25) is 9.59 Å². The lowest BCUT2D eigenvalue weighted by molar-refractivity contribution is 0.0971. The molecule has 0 amide bonds. The topological polar surface area (TPSA) is 34.1 Å². The van der Waals surface area contributed by atoms with Crippen LogP contribution in [0.1, 0.15) is 52.5 Å². The zero-order valence-electron chi connectivity index (χ0n) is 8.88. The monoisotopic (exact) mass is 202 g/mol. The summed E-state index contributed by atoms with van der Waals surface area (Å²) in [6, 6.07) is 5.48. The molecule has 0 fully saturated rings. The van der Waals surface area contributed by atoms with Crippen molar-refractivity contribution in [2.45, 2.75) is 32.6 Å². The van der Waals surface area contributed by atoms with Gasteiger partial charge < -0.3 is 0 Å². The smallest absolute Gasteiger partial charge is 0.163 e. The molecule has 0 saturated heterocycles. The summed E-state index contributed by atoms with van der Waals surface area (Å²) in [4.78, 5) is 23.3. The molecule has 2 nitrogen and oxygen atoms in total. The Morgan fingerprint density at radius 3 is 2.87 bits per heavy atom. The van der Waals surface area contributed by atoms with E-state index in [1.54, 1.807) is 0 Å². The van der Waals surface area contributed by atoms with Crippen LogP contribution >= 0.6 is 0 Å². The van der Waals surface area contributed by atoms with Crippen LogP contribution < -0.4 is 0 Å². The Morgan fingerprint density at radius 2 is 2.13 bits per heavy atom.